The van der Waals surface area contributed by atoms with E-state index in [4.69, 9.17) is 9.52 Å². The Morgan fingerprint density at radius 1 is 1.29 bits per heavy atom. The predicted octanol–water partition coefficient (Wildman–Crippen LogP) is 3.06. The van der Waals surface area contributed by atoms with Gasteiger partial charge in [0.05, 0.1) is 12.2 Å². The average molecular weight is 341 g/mol. The normalized spacial score (nSPS) is 16.4. The predicted molar refractivity (Wildman–Crippen MR) is 77.3 cm³/mol. The number of nitrogens with zero attached hydrogens (tertiary/aromatic N) is 3. The fourth-order valence-corrected chi connectivity index (χ4v) is 2.60. The number of carboxylic acids is 1. The van der Waals surface area contributed by atoms with Crippen LogP contribution in [0.3, 0.4) is 0 Å². The molecule has 6 nitrogen and oxygen atoms in total. The van der Waals surface area contributed by atoms with E-state index in [9.17, 15) is 18.0 Å². The summed E-state index contributed by atoms with van der Waals surface area (Å²) >= 11 is 0. The maximum absolute atomic E-state index is 13.1. The van der Waals surface area contributed by atoms with Crippen molar-refractivity contribution in [3.63, 3.8) is 0 Å². The van der Waals surface area contributed by atoms with Crippen molar-refractivity contribution in [3.05, 3.63) is 30.2 Å². The third-order valence-corrected chi connectivity index (χ3v) is 3.91. The van der Waals surface area contributed by atoms with Crippen molar-refractivity contribution >= 4 is 11.9 Å². The van der Waals surface area contributed by atoms with Gasteiger partial charge in [-0.3, -0.25) is 4.79 Å². The second-order valence-corrected chi connectivity index (χ2v) is 5.51. The molecule has 1 fully saturated rings. The molecule has 0 bridgehead atoms. The molecule has 1 aliphatic heterocycles. The smallest absolute Gasteiger partial charge is 0.433 e. The van der Waals surface area contributed by atoms with Crippen molar-refractivity contribution in [1.82, 2.24) is 9.97 Å². The van der Waals surface area contributed by atoms with Crippen LogP contribution in [0.4, 0.5) is 19.1 Å². The molecule has 1 aliphatic rings. The minimum Gasteiger partial charge on any atom is -0.481 e. The summed E-state index contributed by atoms with van der Waals surface area (Å²) in [5.41, 5.74) is -1.02. The largest absolute Gasteiger partial charge is 0.481 e. The van der Waals surface area contributed by atoms with Crippen molar-refractivity contribution in [3.8, 4) is 11.5 Å². The van der Waals surface area contributed by atoms with Crippen molar-refractivity contribution in [2.24, 2.45) is 5.92 Å². The van der Waals surface area contributed by atoms with E-state index < -0.39 is 23.8 Å². The molecule has 3 heterocycles. The Morgan fingerprint density at radius 2 is 2.00 bits per heavy atom. The minimum atomic E-state index is -4.61. The van der Waals surface area contributed by atoms with Gasteiger partial charge in [-0.1, -0.05) is 0 Å². The molecule has 2 aromatic heterocycles. The molecule has 0 aromatic carbocycles. The zero-order chi connectivity index (χ0) is 17.3. The summed E-state index contributed by atoms with van der Waals surface area (Å²) in [6, 6.07) is 3.91. The molecule has 9 heteroatoms. The number of aliphatic carboxylic acids is 1. The van der Waals surface area contributed by atoms with Crippen LogP contribution in [0.2, 0.25) is 0 Å². The first-order valence-corrected chi connectivity index (χ1v) is 7.32. The van der Waals surface area contributed by atoms with Crippen LogP contribution in [0, 0.1) is 5.92 Å². The fraction of sp³-hybridized carbons (Fsp3) is 0.400. The van der Waals surface area contributed by atoms with Crippen molar-refractivity contribution in [2.45, 2.75) is 19.0 Å². The molecule has 1 saturated heterocycles. The lowest BCUT2D eigenvalue weighted by molar-refractivity contribution is -0.142. The monoisotopic (exact) mass is 341 g/mol. The highest BCUT2D eigenvalue weighted by Gasteiger charge is 2.35. The number of anilines is 1. The molecule has 128 valence electrons. The van der Waals surface area contributed by atoms with Crippen LogP contribution in [-0.4, -0.2) is 34.1 Å². The highest BCUT2D eigenvalue weighted by atomic mass is 19.4. The number of piperidine rings is 1. The highest BCUT2D eigenvalue weighted by molar-refractivity contribution is 5.70. The van der Waals surface area contributed by atoms with Crippen LogP contribution in [0.25, 0.3) is 11.5 Å². The molecule has 3 rings (SSSR count). The lowest BCUT2D eigenvalue weighted by Gasteiger charge is -2.30. The van der Waals surface area contributed by atoms with E-state index in [2.05, 4.69) is 9.97 Å². The van der Waals surface area contributed by atoms with Crippen LogP contribution < -0.4 is 4.90 Å². The summed E-state index contributed by atoms with van der Waals surface area (Å²) in [6.45, 7) is 0.575. The number of carbonyl (C=O) groups is 1. The van der Waals surface area contributed by atoms with Gasteiger partial charge in [0.15, 0.2) is 11.5 Å². The van der Waals surface area contributed by atoms with Crippen molar-refractivity contribution in [1.29, 1.82) is 0 Å². The van der Waals surface area contributed by atoms with Gasteiger partial charge < -0.3 is 14.4 Å². The Hall–Kier alpha value is -2.58. The Labute approximate surface area is 134 Å². The van der Waals surface area contributed by atoms with Crippen LogP contribution in [-0.2, 0) is 11.0 Å². The molecule has 0 aliphatic carbocycles. The molecule has 0 spiro atoms. The number of furan rings is 1. The van der Waals surface area contributed by atoms with E-state index in [1.807, 2.05) is 0 Å². The number of rotatable bonds is 3. The van der Waals surface area contributed by atoms with Gasteiger partial charge in [-0.2, -0.15) is 13.2 Å². The Kier molecular flexibility index (Phi) is 4.16. The van der Waals surface area contributed by atoms with E-state index in [0.29, 0.717) is 12.8 Å². The maximum Gasteiger partial charge on any atom is 0.433 e. The number of hydrogen-bond acceptors (Lipinski definition) is 5. The Morgan fingerprint density at radius 3 is 2.54 bits per heavy atom. The quantitative estimate of drug-likeness (QED) is 0.924. The van der Waals surface area contributed by atoms with Crippen LogP contribution in [0.5, 0.6) is 0 Å². The van der Waals surface area contributed by atoms with Crippen LogP contribution in [0.15, 0.2) is 28.9 Å². The number of alkyl halides is 3. The van der Waals surface area contributed by atoms with Gasteiger partial charge in [-0.15, -0.1) is 0 Å². The second kappa shape index (κ2) is 6.14. The molecular formula is C15H14F3N3O3. The third-order valence-electron chi connectivity index (χ3n) is 3.91. The number of halogens is 3. The molecular weight excluding hydrogens is 327 g/mol. The lowest BCUT2D eigenvalue weighted by Crippen LogP contribution is -2.37. The van der Waals surface area contributed by atoms with Crippen molar-refractivity contribution < 1.29 is 27.5 Å². The van der Waals surface area contributed by atoms with Crippen LogP contribution in [0.1, 0.15) is 18.5 Å². The van der Waals surface area contributed by atoms with Gasteiger partial charge >= 0.3 is 12.1 Å². The Bertz CT molecular complexity index is 723. The highest BCUT2D eigenvalue weighted by Crippen LogP contribution is 2.32. The topological polar surface area (TPSA) is 79.5 Å². The first-order valence-electron chi connectivity index (χ1n) is 7.32. The van der Waals surface area contributed by atoms with Crippen molar-refractivity contribution in [2.75, 3.05) is 18.0 Å². The summed E-state index contributed by atoms with van der Waals surface area (Å²) in [5, 5.41) is 9.00. The summed E-state index contributed by atoms with van der Waals surface area (Å²) in [6.07, 6.45) is -2.59. The number of aromatic nitrogens is 2. The minimum absolute atomic E-state index is 0.0395. The van der Waals surface area contributed by atoms with Gasteiger partial charge in [-0.25, -0.2) is 9.97 Å². The molecule has 0 unspecified atom stereocenters. The fourth-order valence-electron chi connectivity index (χ4n) is 2.60. The molecule has 0 saturated carbocycles. The van der Waals surface area contributed by atoms with Crippen LogP contribution >= 0.6 is 0 Å². The van der Waals surface area contributed by atoms with E-state index in [0.717, 1.165) is 6.07 Å². The summed E-state index contributed by atoms with van der Waals surface area (Å²) in [4.78, 5) is 20.3. The number of carboxylic acid groups (broad SMARTS) is 1. The molecule has 2 aromatic rings. The molecule has 0 radical (unpaired) electrons. The van der Waals surface area contributed by atoms with Gasteiger partial charge in [-0.05, 0) is 31.0 Å². The maximum atomic E-state index is 13.1. The van der Waals surface area contributed by atoms with Gasteiger partial charge in [0.25, 0.3) is 0 Å². The first-order chi connectivity index (χ1) is 11.3. The summed E-state index contributed by atoms with van der Waals surface area (Å²) in [7, 11) is 0. The Balaban J connectivity index is 1.93. The standard InChI is InChI=1S/C15H14F3N3O3/c16-15(17,18)12-8-10(11-2-1-7-24-11)19-14(20-12)21-5-3-9(4-6-21)13(22)23/h1-2,7-9H,3-6H2,(H,22,23). The molecule has 1 N–H and O–H groups in total. The van der Waals surface area contributed by atoms with E-state index in [1.165, 1.54) is 12.3 Å². The lowest BCUT2D eigenvalue weighted by atomic mass is 9.97. The van der Waals surface area contributed by atoms with Gasteiger partial charge in [0.2, 0.25) is 5.95 Å². The average Bonchev–Trinajstić information content (AvgIpc) is 3.08. The molecule has 24 heavy (non-hydrogen) atoms. The molecule has 0 atom stereocenters. The second-order valence-electron chi connectivity index (χ2n) is 5.51. The summed E-state index contributed by atoms with van der Waals surface area (Å²) in [5.74, 6) is -1.24. The SMILES string of the molecule is O=C(O)C1CCN(c2nc(-c3ccco3)cc(C(F)(F)F)n2)CC1. The van der Waals surface area contributed by atoms with E-state index in [-0.39, 0.29) is 30.5 Å². The summed E-state index contributed by atoms with van der Waals surface area (Å²) < 4.78 is 44.4. The third kappa shape index (κ3) is 3.34. The van der Waals surface area contributed by atoms with Gasteiger partial charge in [0.1, 0.15) is 5.69 Å². The van der Waals surface area contributed by atoms with Gasteiger partial charge in [0, 0.05) is 13.1 Å². The van der Waals surface area contributed by atoms with E-state index >= 15 is 0 Å². The van der Waals surface area contributed by atoms with E-state index in [1.54, 1.807) is 11.0 Å². The zero-order valence-corrected chi connectivity index (χ0v) is 12.5. The first kappa shape index (κ1) is 16.3. The number of hydrogen-bond donors (Lipinski definition) is 1. The zero-order valence-electron chi connectivity index (χ0n) is 12.5. The molecule has 0 amide bonds.